The van der Waals surface area contributed by atoms with Gasteiger partial charge in [-0.1, -0.05) is 22.9 Å². The summed E-state index contributed by atoms with van der Waals surface area (Å²) in [6.45, 7) is 4.03. The van der Waals surface area contributed by atoms with Crippen LogP contribution in [0.1, 0.15) is 30.6 Å². The molecular weight excluding hydrogens is 322 g/mol. The third-order valence-electron chi connectivity index (χ3n) is 2.16. The van der Waals surface area contributed by atoms with Crippen molar-refractivity contribution in [2.75, 3.05) is 0 Å². The van der Waals surface area contributed by atoms with Crippen molar-refractivity contribution in [2.45, 2.75) is 26.3 Å². The lowest BCUT2D eigenvalue weighted by Gasteiger charge is -2.12. The van der Waals surface area contributed by atoms with Crippen LogP contribution in [0.3, 0.4) is 0 Å². The summed E-state index contributed by atoms with van der Waals surface area (Å²) < 4.78 is 1.71. The Bertz CT molecular complexity index is 366. The SMILES string of the molecule is CCC(C)NC(=O)c1cc(Br)ccc1Br. The standard InChI is InChI=1S/C11H13Br2NO/c1-3-7(2)14-11(15)9-6-8(12)4-5-10(9)13/h4-7H,3H2,1-2H3,(H,14,15). The number of carbonyl (C=O) groups is 1. The Kier molecular flexibility index (Phi) is 4.80. The third kappa shape index (κ3) is 3.61. The molecule has 1 N–H and O–H groups in total. The zero-order valence-corrected chi connectivity index (χ0v) is 11.9. The van der Waals surface area contributed by atoms with Crippen LogP contribution in [0, 0.1) is 0 Å². The lowest BCUT2D eigenvalue weighted by Crippen LogP contribution is -2.32. The minimum absolute atomic E-state index is 0.0440. The molecule has 0 aliphatic carbocycles. The Morgan fingerprint density at radius 2 is 2.13 bits per heavy atom. The number of halogens is 2. The van der Waals surface area contributed by atoms with Crippen LogP contribution in [0.25, 0.3) is 0 Å². The third-order valence-corrected chi connectivity index (χ3v) is 3.35. The number of amides is 1. The van der Waals surface area contributed by atoms with Gasteiger partial charge in [-0.15, -0.1) is 0 Å². The van der Waals surface area contributed by atoms with Crippen LogP contribution in [0.5, 0.6) is 0 Å². The number of hydrogen-bond donors (Lipinski definition) is 1. The summed E-state index contributed by atoms with van der Waals surface area (Å²) in [6.07, 6.45) is 0.928. The van der Waals surface area contributed by atoms with Gasteiger partial charge in [0.2, 0.25) is 0 Å². The molecule has 1 atom stereocenters. The molecule has 0 aromatic heterocycles. The van der Waals surface area contributed by atoms with Crippen molar-refractivity contribution in [3.8, 4) is 0 Å². The van der Waals surface area contributed by atoms with Crippen LogP contribution in [0.4, 0.5) is 0 Å². The fourth-order valence-electron chi connectivity index (χ4n) is 1.08. The minimum Gasteiger partial charge on any atom is -0.350 e. The molecule has 0 heterocycles. The Morgan fingerprint density at radius 1 is 1.47 bits per heavy atom. The summed E-state index contributed by atoms with van der Waals surface area (Å²) >= 11 is 6.71. The lowest BCUT2D eigenvalue weighted by molar-refractivity contribution is 0.0938. The number of hydrogen-bond acceptors (Lipinski definition) is 1. The molecule has 0 saturated heterocycles. The summed E-state index contributed by atoms with van der Waals surface area (Å²) in [5.74, 6) is -0.0440. The Hall–Kier alpha value is -0.350. The molecule has 0 bridgehead atoms. The molecule has 0 spiro atoms. The van der Waals surface area contributed by atoms with E-state index in [1.165, 1.54) is 0 Å². The zero-order valence-electron chi connectivity index (χ0n) is 8.68. The van der Waals surface area contributed by atoms with Gasteiger partial charge in [-0.05, 0) is 47.5 Å². The molecule has 0 aliphatic heterocycles. The molecule has 82 valence electrons. The van der Waals surface area contributed by atoms with E-state index in [9.17, 15) is 4.79 Å². The van der Waals surface area contributed by atoms with Crippen LogP contribution in [-0.2, 0) is 0 Å². The largest absolute Gasteiger partial charge is 0.350 e. The second-order valence-corrected chi connectivity index (χ2v) is 5.18. The molecule has 2 nitrogen and oxygen atoms in total. The van der Waals surface area contributed by atoms with Gasteiger partial charge < -0.3 is 5.32 Å². The van der Waals surface area contributed by atoms with E-state index in [2.05, 4.69) is 37.2 Å². The summed E-state index contributed by atoms with van der Waals surface area (Å²) in [5, 5.41) is 2.92. The molecule has 1 aromatic carbocycles. The highest BCUT2D eigenvalue weighted by Gasteiger charge is 2.11. The van der Waals surface area contributed by atoms with Gasteiger partial charge in [0.25, 0.3) is 5.91 Å². The number of benzene rings is 1. The summed E-state index contributed by atoms with van der Waals surface area (Å²) in [4.78, 5) is 11.8. The molecule has 0 radical (unpaired) electrons. The maximum atomic E-state index is 11.8. The average molecular weight is 335 g/mol. The van der Waals surface area contributed by atoms with Crippen LogP contribution < -0.4 is 5.32 Å². The monoisotopic (exact) mass is 333 g/mol. The van der Waals surface area contributed by atoms with E-state index in [0.717, 1.165) is 15.4 Å². The van der Waals surface area contributed by atoms with Crippen molar-refractivity contribution in [1.29, 1.82) is 0 Å². The van der Waals surface area contributed by atoms with Crippen molar-refractivity contribution in [3.05, 3.63) is 32.7 Å². The molecule has 4 heteroatoms. The Morgan fingerprint density at radius 3 is 2.73 bits per heavy atom. The Labute approximate surface area is 107 Å². The zero-order chi connectivity index (χ0) is 11.4. The van der Waals surface area contributed by atoms with Gasteiger partial charge in [-0.2, -0.15) is 0 Å². The highest BCUT2D eigenvalue weighted by atomic mass is 79.9. The van der Waals surface area contributed by atoms with Gasteiger partial charge in [-0.25, -0.2) is 0 Å². The Balaban J connectivity index is 2.86. The number of nitrogens with one attached hydrogen (secondary N) is 1. The summed E-state index contributed by atoms with van der Waals surface area (Å²) in [6, 6.07) is 5.75. The first-order valence-corrected chi connectivity index (χ1v) is 6.39. The predicted octanol–water partition coefficient (Wildman–Crippen LogP) is 3.74. The molecule has 15 heavy (non-hydrogen) atoms. The van der Waals surface area contributed by atoms with E-state index >= 15 is 0 Å². The summed E-state index contributed by atoms with van der Waals surface area (Å²) in [5.41, 5.74) is 0.657. The molecule has 0 fully saturated rings. The molecule has 1 aromatic rings. The van der Waals surface area contributed by atoms with E-state index in [0.29, 0.717) is 5.56 Å². The van der Waals surface area contributed by atoms with Crippen LogP contribution in [-0.4, -0.2) is 11.9 Å². The van der Waals surface area contributed by atoms with E-state index in [1.54, 1.807) is 0 Å². The lowest BCUT2D eigenvalue weighted by atomic mass is 10.2. The van der Waals surface area contributed by atoms with E-state index in [4.69, 9.17) is 0 Å². The number of carbonyl (C=O) groups excluding carboxylic acids is 1. The van der Waals surface area contributed by atoms with Crippen molar-refractivity contribution >= 4 is 37.8 Å². The molecule has 0 aliphatic rings. The second-order valence-electron chi connectivity index (χ2n) is 3.41. The maximum absolute atomic E-state index is 11.8. The van der Waals surface area contributed by atoms with Gasteiger partial charge in [0.15, 0.2) is 0 Å². The first-order valence-electron chi connectivity index (χ1n) is 4.80. The van der Waals surface area contributed by atoms with Crippen molar-refractivity contribution < 1.29 is 4.79 Å². The van der Waals surface area contributed by atoms with Gasteiger partial charge in [0, 0.05) is 15.0 Å². The van der Waals surface area contributed by atoms with Crippen LogP contribution >= 0.6 is 31.9 Å². The fourth-order valence-corrected chi connectivity index (χ4v) is 1.86. The van der Waals surface area contributed by atoms with E-state index < -0.39 is 0 Å². The predicted molar refractivity (Wildman–Crippen MR) is 69.1 cm³/mol. The van der Waals surface area contributed by atoms with Gasteiger partial charge in [0.05, 0.1) is 5.56 Å². The molecule has 1 amide bonds. The van der Waals surface area contributed by atoms with Crippen molar-refractivity contribution in [2.24, 2.45) is 0 Å². The van der Waals surface area contributed by atoms with Gasteiger partial charge in [0.1, 0.15) is 0 Å². The molecule has 0 saturated carbocycles. The first kappa shape index (κ1) is 12.7. The van der Waals surface area contributed by atoms with Crippen LogP contribution in [0.2, 0.25) is 0 Å². The second kappa shape index (κ2) is 5.66. The van der Waals surface area contributed by atoms with Crippen molar-refractivity contribution in [1.82, 2.24) is 5.32 Å². The normalized spacial score (nSPS) is 12.3. The van der Waals surface area contributed by atoms with E-state index in [-0.39, 0.29) is 11.9 Å². The molecule has 1 rings (SSSR count). The minimum atomic E-state index is -0.0440. The van der Waals surface area contributed by atoms with Gasteiger partial charge in [-0.3, -0.25) is 4.79 Å². The fraction of sp³-hybridized carbons (Fsp3) is 0.364. The summed E-state index contributed by atoms with van der Waals surface area (Å²) in [7, 11) is 0. The number of rotatable bonds is 3. The maximum Gasteiger partial charge on any atom is 0.252 e. The van der Waals surface area contributed by atoms with Crippen LogP contribution in [0.15, 0.2) is 27.1 Å². The average Bonchev–Trinajstić information content (AvgIpc) is 2.21. The highest BCUT2D eigenvalue weighted by molar-refractivity contribution is 9.11. The molecule has 1 unspecified atom stereocenters. The van der Waals surface area contributed by atoms with E-state index in [1.807, 2.05) is 32.0 Å². The quantitative estimate of drug-likeness (QED) is 0.896. The van der Waals surface area contributed by atoms with Crippen molar-refractivity contribution in [3.63, 3.8) is 0 Å². The molecular formula is C11H13Br2NO. The first-order chi connectivity index (χ1) is 7.04. The smallest absolute Gasteiger partial charge is 0.252 e. The highest BCUT2D eigenvalue weighted by Crippen LogP contribution is 2.21. The topological polar surface area (TPSA) is 29.1 Å². The van der Waals surface area contributed by atoms with Gasteiger partial charge >= 0.3 is 0 Å².